The van der Waals surface area contributed by atoms with Crippen molar-refractivity contribution in [3.63, 3.8) is 0 Å². The topological polar surface area (TPSA) is 110 Å². The lowest BCUT2D eigenvalue weighted by Gasteiger charge is -2.35. The minimum absolute atomic E-state index is 0.00595. The number of hydrogen-bond donors (Lipinski definition) is 2. The van der Waals surface area contributed by atoms with Crippen LogP contribution in [0.1, 0.15) is 75.6 Å². The molecule has 0 aromatic heterocycles. The number of morpholine rings is 1. The fraction of sp³-hybridized carbons (Fsp3) is 0.364. The molecular weight excluding hydrogens is 889 g/mol. The molecule has 1 saturated heterocycles. The van der Waals surface area contributed by atoms with Gasteiger partial charge in [-0.3, -0.25) is 19.6 Å². The second-order valence-corrected chi connectivity index (χ2v) is 18.0. The molecule has 16 heteroatoms. The first-order valence-corrected chi connectivity index (χ1v) is 22.1. The molecule has 0 spiro atoms. The van der Waals surface area contributed by atoms with E-state index < -0.39 is 6.10 Å². The Kier molecular flexibility index (Phi) is 14.6. The minimum atomic E-state index is -0.515. The molecule has 1 aliphatic carbocycles. The second kappa shape index (κ2) is 19.6. The lowest BCUT2D eigenvalue weighted by Crippen LogP contribution is -2.50. The van der Waals surface area contributed by atoms with Gasteiger partial charge in [0.15, 0.2) is 0 Å². The summed E-state index contributed by atoms with van der Waals surface area (Å²) in [5, 5.41) is 29.4. The number of rotatable bonds is 7. The average Bonchev–Trinajstić information content (AvgIpc) is 3.85. The van der Waals surface area contributed by atoms with Gasteiger partial charge in [-0.25, -0.2) is 0 Å². The third kappa shape index (κ3) is 10.5. The van der Waals surface area contributed by atoms with Crippen LogP contribution in [0.4, 0.5) is 11.4 Å². The van der Waals surface area contributed by atoms with E-state index in [4.69, 9.17) is 79.4 Å². The van der Waals surface area contributed by atoms with Crippen LogP contribution in [-0.2, 0) is 14.3 Å². The largest absolute Gasteiger partial charge is 0.391 e. The summed E-state index contributed by atoms with van der Waals surface area (Å²) in [6.45, 7) is 5.05. The van der Waals surface area contributed by atoms with Crippen LogP contribution in [0.25, 0.3) is 0 Å². The van der Waals surface area contributed by atoms with E-state index in [1.165, 1.54) is 0 Å². The first kappa shape index (κ1) is 44.5. The van der Waals surface area contributed by atoms with E-state index in [0.717, 1.165) is 30.4 Å². The Morgan fingerprint density at radius 3 is 1.58 bits per heavy atom. The van der Waals surface area contributed by atoms with Gasteiger partial charge in [-0.2, -0.15) is 10.2 Å². The van der Waals surface area contributed by atoms with Crippen molar-refractivity contribution in [3.8, 4) is 0 Å². The number of ether oxygens (including phenoxy) is 1. The number of aliphatic hydroxyl groups excluding tert-OH is 1. The number of halogens is 6. The first-order valence-electron chi connectivity index (χ1n) is 19.8. The Hall–Kier alpha value is -3.58. The number of carbonyl (C=O) groups is 2. The highest BCUT2D eigenvalue weighted by Gasteiger charge is 2.38. The maximum absolute atomic E-state index is 13.3. The van der Waals surface area contributed by atoms with Crippen molar-refractivity contribution in [2.75, 3.05) is 23.1 Å². The van der Waals surface area contributed by atoms with Crippen LogP contribution in [0.15, 0.2) is 95.1 Å². The molecule has 4 aromatic rings. The van der Waals surface area contributed by atoms with E-state index in [1.54, 1.807) is 35.3 Å². The smallest absolute Gasteiger partial charge is 0.270 e. The van der Waals surface area contributed by atoms with Gasteiger partial charge in [0.05, 0.1) is 57.9 Å². The number of anilines is 2. The fourth-order valence-electron chi connectivity index (χ4n) is 8.01. The molecule has 0 bridgehead atoms. The van der Waals surface area contributed by atoms with Crippen LogP contribution >= 0.6 is 69.6 Å². The predicted molar refractivity (Wildman–Crippen MR) is 243 cm³/mol. The predicted octanol–water partition coefficient (Wildman–Crippen LogP) is 11.0. The Labute approximate surface area is 379 Å². The summed E-state index contributed by atoms with van der Waals surface area (Å²) in [5.74, 6) is -0.323. The number of amides is 2. The Morgan fingerprint density at radius 2 is 1.10 bits per heavy atom. The van der Waals surface area contributed by atoms with E-state index in [0.29, 0.717) is 85.3 Å². The highest BCUT2D eigenvalue weighted by Crippen LogP contribution is 2.42. The molecule has 3 heterocycles. The van der Waals surface area contributed by atoms with Gasteiger partial charge in [0.25, 0.3) is 11.8 Å². The molecular formula is C44H44Cl6N6O4. The summed E-state index contributed by atoms with van der Waals surface area (Å²) in [7, 11) is 0. The van der Waals surface area contributed by atoms with Gasteiger partial charge < -0.3 is 20.1 Å². The van der Waals surface area contributed by atoms with Gasteiger partial charge in [-0.1, -0.05) is 107 Å². The molecule has 4 unspecified atom stereocenters. The summed E-state index contributed by atoms with van der Waals surface area (Å²) in [5.41, 5.74) is 4.24. The number of aliphatic hydroxyl groups is 1. The maximum Gasteiger partial charge on any atom is 0.270 e. The molecule has 10 nitrogen and oxygen atoms in total. The summed E-state index contributed by atoms with van der Waals surface area (Å²) >= 11 is 37.2. The average molecular weight is 934 g/mol. The lowest BCUT2D eigenvalue weighted by molar-refractivity contribution is -0.136. The molecule has 1 saturated carbocycles. The number of nitrogens with one attached hydrogen (secondary N) is 1. The second-order valence-electron chi connectivity index (χ2n) is 15.4. The summed E-state index contributed by atoms with van der Waals surface area (Å²) in [4.78, 5) is 28.1. The summed E-state index contributed by atoms with van der Waals surface area (Å²) in [6.07, 6.45) is 3.81. The van der Waals surface area contributed by atoms with E-state index in [2.05, 4.69) is 10.4 Å². The van der Waals surface area contributed by atoms with Gasteiger partial charge in [0.2, 0.25) is 0 Å². The molecule has 6 atom stereocenters. The van der Waals surface area contributed by atoms with Crippen molar-refractivity contribution in [1.82, 2.24) is 10.2 Å². The van der Waals surface area contributed by atoms with Crippen LogP contribution in [0.2, 0.25) is 30.1 Å². The number of carbonyl (C=O) groups excluding carboxylic acids is 2. The molecule has 8 rings (SSSR count). The van der Waals surface area contributed by atoms with E-state index in [-0.39, 0.29) is 42.1 Å². The van der Waals surface area contributed by atoms with Crippen molar-refractivity contribution in [3.05, 3.63) is 126 Å². The van der Waals surface area contributed by atoms with Crippen LogP contribution in [0, 0.1) is 0 Å². The Morgan fingerprint density at radius 1 is 0.650 bits per heavy atom. The Balaban J connectivity index is 0.000000181. The molecule has 60 heavy (non-hydrogen) atoms. The SMILES string of the molecule is CC1CN(C(=O)C2=NN(c3ccc(Cl)cc3Cl)C(c3ccc(Cl)cc3)C2)CC(C)O1.O=C(N[C@@H]1CCCC[C@H]1O)C1=NN(c2ccc(Cl)cc2Cl)C(c2ccc(Cl)cc2)C1. The zero-order valence-electron chi connectivity index (χ0n) is 32.9. The van der Waals surface area contributed by atoms with E-state index in [9.17, 15) is 14.7 Å². The lowest BCUT2D eigenvalue weighted by atomic mass is 9.92. The molecule has 4 aliphatic rings. The fourth-order valence-corrected chi connectivity index (χ4v) is 9.25. The number of hydrazone groups is 2. The molecule has 2 amide bonds. The standard InChI is InChI=1S/2C22H22Cl3N3O2/c1-13-11-27(12-14(2)30-13)22(29)19-10-21(15-3-5-16(23)6-4-15)28(26-19)20-8-7-17(24)9-18(20)25;23-14-7-5-13(6-8-14)20-12-18(22(30)26-17-3-1-2-4-21(17)29)27-28(20)19-10-9-15(24)11-16(19)25/h3-9,13-14,21H,10-12H2,1-2H3;5-11,17,20-21,29H,1-4,12H2,(H,26,30)/t;17-,20?,21-/m.1/s1. The molecule has 2 N–H and O–H groups in total. The van der Waals surface area contributed by atoms with Gasteiger partial charge in [0.1, 0.15) is 11.4 Å². The molecule has 4 aromatic carbocycles. The molecule has 3 aliphatic heterocycles. The van der Waals surface area contributed by atoms with Crippen LogP contribution < -0.4 is 15.3 Å². The van der Waals surface area contributed by atoms with Crippen molar-refractivity contribution in [2.24, 2.45) is 10.2 Å². The summed E-state index contributed by atoms with van der Waals surface area (Å²) < 4.78 is 5.76. The van der Waals surface area contributed by atoms with Crippen molar-refractivity contribution in [2.45, 2.75) is 88.8 Å². The van der Waals surface area contributed by atoms with Crippen molar-refractivity contribution < 1.29 is 19.4 Å². The number of nitrogens with zero attached hydrogens (tertiary/aromatic N) is 5. The summed E-state index contributed by atoms with van der Waals surface area (Å²) in [6, 6.07) is 24.9. The molecule has 2 fully saturated rings. The van der Waals surface area contributed by atoms with Crippen molar-refractivity contribution >= 4 is 104 Å². The van der Waals surface area contributed by atoms with Crippen LogP contribution in [0.5, 0.6) is 0 Å². The van der Waals surface area contributed by atoms with Gasteiger partial charge in [0, 0.05) is 46.0 Å². The van der Waals surface area contributed by atoms with Gasteiger partial charge >= 0.3 is 0 Å². The van der Waals surface area contributed by atoms with Gasteiger partial charge in [-0.15, -0.1) is 0 Å². The monoisotopic (exact) mass is 930 g/mol. The van der Waals surface area contributed by atoms with Crippen LogP contribution in [-0.4, -0.2) is 70.7 Å². The molecule has 0 radical (unpaired) electrons. The van der Waals surface area contributed by atoms with Gasteiger partial charge in [-0.05, 0) is 98.5 Å². The normalized spacial score (nSPS) is 24.1. The number of hydrogen-bond acceptors (Lipinski definition) is 8. The highest BCUT2D eigenvalue weighted by atomic mass is 35.5. The third-order valence-electron chi connectivity index (χ3n) is 10.9. The van der Waals surface area contributed by atoms with Crippen molar-refractivity contribution in [1.29, 1.82) is 0 Å². The first-order chi connectivity index (χ1) is 28.7. The zero-order valence-corrected chi connectivity index (χ0v) is 37.4. The maximum atomic E-state index is 13.3. The van der Waals surface area contributed by atoms with E-state index >= 15 is 0 Å². The van der Waals surface area contributed by atoms with Crippen LogP contribution in [0.3, 0.4) is 0 Å². The molecule has 316 valence electrons. The zero-order chi connectivity index (χ0) is 42.7. The Bertz CT molecular complexity index is 2250. The third-order valence-corrected chi connectivity index (χ3v) is 12.5. The van der Waals surface area contributed by atoms with E-state index in [1.807, 2.05) is 78.4 Å². The highest BCUT2D eigenvalue weighted by molar-refractivity contribution is 6.41. The minimum Gasteiger partial charge on any atom is -0.391 e. The quantitative estimate of drug-likeness (QED) is 0.191. The number of benzene rings is 4.